The molecule has 4 nitrogen and oxygen atoms in total. The molecule has 0 saturated carbocycles. The van der Waals surface area contributed by atoms with Gasteiger partial charge in [-0.25, -0.2) is 4.79 Å². The number of carbonyl (C=O) groups is 1. The Kier molecular flexibility index (Phi) is 2.13. The Morgan fingerprint density at radius 1 is 1.57 bits per heavy atom. The minimum Gasteiger partial charge on any atom is -0.478 e. The van der Waals surface area contributed by atoms with Gasteiger partial charge in [0.05, 0.1) is 16.8 Å². The van der Waals surface area contributed by atoms with Crippen LogP contribution in [-0.4, -0.2) is 19.8 Å². The first-order valence-corrected chi connectivity index (χ1v) is 4.86. The number of benzene rings is 1. The second-order valence-electron chi connectivity index (χ2n) is 2.82. The lowest BCUT2D eigenvalue weighted by molar-refractivity contribution is 0.0699. The third kappa shape index (κ3) is 1.25. The summed E-state index contributed by atoms with van der Waals surface area (Å²) < 4.78 is 7.88. The van der Waals surface area contributed by atoms with Crippen LogP contribution in [-0.2, 0) is 0 Å². The van der Waals surface area contributed by atoms with Gasteiger partial charge in [-0.15, -0.1) is 0 Å². The first-order chi connectivity index (χ1) is 6.61. The number of hydrogen-bond acceptors (Lipinski definition) is 4. The van der Waals surface area contributed by atoms with E-state index in [1.807, 2.05) is 0 Å². The molecule has 1 N–H and O–H groups in total. The molecule has 0 bridgehead atoms. The van der Waals surface area contributed by atoms with Crippen molar-refractivity contribution in [2.24, 2.45) is 0 Å². The van der Waals surface area contributed by atoms with Gasteiger partial charge in [-0.05, 0) is 18.6 Å². The van der Waals surface area contributed by atoms with Crippen molar-refractivity contribution in [3.63, 3.8) is 0 Å². The first-order valence-electron chi connectivity index (χ1n) is 3.76. The summed E-state index contributed by atoms with van der Waals surface area (Å²) in [5, 5.41) is 9.19. The number of rotatable bonds is 1. The summed E-state index contributed by atoms with van der Waals surface area (Å²) in [6, 6.07) is 1.73. The smallest absolute Gasteiger partial charge is 0.339 e. The highest BCUT2D eigenvalue weighted by Crippen LogP contribution is 2.28. The number of aromatic carboxylic acids is 1. The molecular formula is C8H5ClN2O2S. The normalized spacial score (nSPS) is 10.7. The van der Waals surface area contributed by atoms with Crippen molar-refractivity contribution in [1.82, 2.24) is 8.75 Å². The van der Waals surface area contributed by atoms with Crippen LogP contribution in [0.2, 0.25) is 5.02 Å². The molecule has 0 aliphatic carbocycles. The number of carboxylic acids is 1. The van der Waals surface area contributed by atoms with Gasteiger partial charge in [-0.1, -0.05) is 11.6 Å². The average Bonchev–Trinajstić information content (AvgIpc) is 2.52. The highest BCUT2D eigenvalue weighted by Gasteiger charge is 2.18. The highest BCUT2D eigenvalue weighted by atomic mass is 35.5. The molecule has 1 heterocycles. The molecule has 0 radical (unpaired) electrons. The van der Waals surface area contributed by atoms with Gasteiger partial charge in [0.25, 0.3) is 0 Å². The Bertz CT molecular complexity index is 523. The van der Waals surface area contributed by atoms with E-state index >= 15 is 0 Å². The van der Waals surface area contributed by atoms with Gasteiger partial charge in [0.2, 0.25) is 0 Å². The van der Waals surface area contributed by atoms with Crippen LogP contribution >= 0.6 is 23.3 Å². The summed E-state index contributed by atoms with van der Waals surface area (Å²) in [4.78, 5) is 10.9. The maximum atomic E-state index is 10.9. The Balaban J connectivity index is 2.93. The van der Waals surface area contributed by atoms with E-state index in [2.05, 4.69) is 8.75 Å². The molecule has 0 atom stereocenters. The van der Waals surface area contributed by atoms with Crippen LogP contribution in [0.1, 0.15) is 15.9 Å². The third-order valence-corrected chi connectivity index (χ3v) is 2.91. The van der Waals surface area contributed by atoms with Crippen LogP contribution in [0.4, 0.5) is 0 Å². The van der Waals surface area contributed by atoms with Gasteiger partial charge < -0.3 is 5.11 Å². The zero-order valence-corrected chi connectivity index (χ0v) is 8.69. The average molecular weight is 229 g/mol. The summed E-state index contributed by atoms with van der Waals surface area (Å²) in [6.07, 6.45) is 0. The van der Waals surface area contributed by atoms with Crippen LogP contribution < -0.4 is 0 Å². The van der Waals surface area contributed by atoms with Crippen molar-refractivity contribution in [3.05, 3.63) is 22.2 Å². The molecule has 0 aliphatic heterocycles. The fourth-order valence-electron chi connectivity index (χ4n) is 1.23. The molecule has 0 saturated heterocycles. The van der Waals surface area contributed by atoms with Gasteiger partial charge in [-0.2, -0.15) is 8.75 Å². The Hall–Kier alpha value is -1.20. The van der Waals surface area contributed by atoms with Crippen LogP contribution in [0.3, 0.4) is 0 Å². The number of carboxylic acid groups (broad SMARTS) is 1. The summed E-state index contributed by atoms with van der Waals surface area (Å²) in [5.41, 5.74) is 1.67. The lowest BCUT2D eigenvalue weighted by Gasteiger charge is -2.02. The quantitative estimate of drug-likeness (QED) is 0.814. The van der Waals surface area contributed by atoms with Crippen molar-refractivity contribution in [2.75, 3.05) is 0 Å². The first kappa shape index (κ1) is 9.36. The molecule has 6 heteroatoms. The summed E-state index contributed by atoms with van der Waals surface area (Å²) in [7, 11) is 0. The largest absolute Gasteiger partial charge is 0.478 e. The predicted molar refractivity (Wildman–Crippen MR) is 54.1 cm³/mol. The monoisotopic (exact) mass is 228 g/mol. The standard InChI is InChI=1S/C8H5ClN2O2S/c1-3-2-4-7(11-14-10-4)5(6(3)9)8(12)13/h2H,1H3,(H,12,13). The number of halogens is 1. The van der Waals surface area contributed by atoms with Gasteiger partial charge in [0.15, 0.2) is 0 Å². The van der Waals surface area contributed by atoms with Gasteiger partial charge in [-0.3, -0.25) is 0 Å². The minimum atomic E-state index is -1.07. The van der Waals surface area contributed by atoms with Gasteiger partial charge >= 0.3 is 5.97 Å². The number of nitrogens with zero attached hydrogens (tertiary/aromatic N) is 2. The molecule has 0 unspecified atom stereocenters. The van der Waals surface area contributed by atoms with Gasteiger partial charge in [0.1, 0.15) is 16.6 Å². The van der Waals surface area contributed by atoms with E-state index in [-0.39, 0.29) is 10.6 Å². The summed E-state index contributed by atoms with van der Waals surface area (Å²) in [5.74, 6) is -1.07. The summed E-state index contributed by atoms with van der Waals surface area (Å²) in [6.45, 7) is 1.74. The number of fused-ring (bicyclic) bond motifs is 1. The number of aromatic nitrogens is 2. The maximum Gasteiger partial charge on any atom is 0.339 e. The van der Waals surface area contributed by atoms with Crippen LogP contribution in [0.15, 0.2) is 6.07 Å². The molecule has 1 aromatic carbocycles. The van der Waals surface area contributed by atoms with Crippen molar-refractivity contribution < 1.29 is 9.90 Å². The fourth-order valence-corrected chi connectivity index (χ4v) is 1.99. The topological polar surface area (TPSA) is 63.1 Å². The van der Waals surface area contributed by atoms with Crippen LogP contribution in [0.5, 0.6) is 0 Å². The lowest BCUT2D eigenvalue weighted by Crippen LogP contribution is -2.00. The number of hydrogen-bond donors (Lipinski definition) is 1. The second kappa shape index (κ2) is 3.18. The minimum absolute atomic E-state index is 0.0374. The highest BCUT2D eigenvalue weighted by molar-refractivity contribution is 7.00. The van der Waals surface area contributed by atoms with E-state index in [0.29, 0.717) is 16.6 Å². The van der Waals surface area contributed by atoms with Gasteiger partial charge in [0, 0.05) is 0 Å². The molecule has 0 spiro atoms. The Morgan fingerprint density at radius 3 is 2.93 bits per heavy atom. The Labute approximate surface area is 88.5 Å². The molecule has 14 heavy (non-hydrogen) atoms. The molecule has 0 amide bonds. The van der Waals surface area contributed by atoms with E-state index < -0.39 is 5.97 Å². The zero-order chi connectivity index (χ0) is 10.3. The predicted octanol–water partition coefficient (Wildman–Crippen LogP) is 2.35. The third-order valence-electron chi connectivity index (χ3n) is 1.88. The van der Waals surface area contributed by atoms with E-state index in [0.717, 1.165) is 11.7 Å². The lowest BCUT2D eigenvalue weighted by atomic mass is 10.1. The van der Waals surface area contributed by atoms with Crippen molar-refractivity contribution in [3.8, 4) is 0 Å². The SMILES string of the molecule is Cc1cc2nsnc2c(C(=O)O)c1Cl. The van der Waals surface area contributed by atoms with Crippen LogP contribution in [0, 0.1) is 6.92 Å². The molecular weight excluding hydrogens is 224 g/mol. The molecule has 2 rings (SSSR count). The second-order valence-corrected chi connectivity index (χ2v) is 3.73. The fraction of sp³-hybridized carbons (Fsp3) is 0.125. The van der Waals surface area contributed by atoms with Crippen molar-refractivity contribution in [1.29, 1.82) is 0 Å². The maximum absolute atomic E-state index is 10.9. The zero-order valence-electron chi connectivity index (χ0n) is 7.11. The molecule has 2 aromatic rings. The molecule has 1 aromatic heterocycles. The molecule has 0 fully saturated rings. The van der Waals surface area contributed by atoms with E-state index in [9.17, 15) is 4.79 Å². The van der Waals surface area contributed by atoms with E-state index in [1.54, 1.807) is 13.0 Å². The summed E-state index contributed by atoms with van der Waals surface area (Å²) >= 11 is 6.86. The van der Waals surface area contributed by atoms with E-state index in [4.69, 9.17) is 16.7 Å². The molecule has 0 aliphatic rings. The van der Waals surface area contributed by atoms with E-state index in [1.165, 1.54) is 0 Å². The van der Waals surface area contributed by atoms with Crippen molar-refractivity contribution >= 4 is 40.3 Å². The van der Waals surface area contributed by atoms with Crippen LogP contribution in [0.25, 0.3) is 11.0 Å². The number of aryl methyl sites for hydroxylation is 1. The van der Waals surface area contributed by atoms with Crippen molar-refractivity contribution in [2.45, 2.75) is 6.92 Å². The molecule has 72 valence electrons. The Morgan fingerprint density at radius 2 is 2.29 bits per heavy atom.